The Balaban J connectivity index is 1.98. The van der Waals surface area contributed by atoms with Gasteiger partial charge in [0.1, 0.15) is 5.52 Å². The molecule has 17 heavy (non-hydrogen) atoms. The minimum absolute atomic E-state index is 0.464. The number of hydrogen-bond donors (Lipinski definition) is 1. The number of anilines is 1. The molecular formula is C9H5ClN4S3. The number of para-hydroxylation sites is 1. The first-order valence-corrected chi connectivity index (χ1v) is 7.37. The fourth-order valence-electron chi connectivity index (χ4n) is 1.27. The zero-order valence-corrected chi connectivity index (χ0v) is 11.5. The van der Waals surface area contributed by atoms with Gasteiger partial charge in [0, 0.05) is 0 Å². The Morgan fingerprint density at radius 2 is 2.06 bits per heavy atom. The van der Waals surface area contributed by atoms with E-state index in [1.807, 2.05) is 18.2 Å². The predicted octanol–water partition coefficient (Wildman–Crippen LogP) is 3.53. The van der Waals surface area contributed by atoms with Gasteiger partial charge in [-0.1, -0.05) is 29.0 Å². The summed E-state index contributed by atoms with van der Waals surface area (Å²) in [6.07, 6.45) is 0. The lowest BCUT2D eigenvalue weighted by atomic mass is 10.3. The van der Waals surface area contributed by atoms with Crippen molar-refractivity contribution in [3.05, 3.63) is 23.2 Å². The second-order valence-electron chi connectivity index (χ2n) is 3.07. The van der Waals surface area contributed by atoms with Crippen LogP contribution in [0.3, 0.4) is 0 Å². The van der Waals surface area contributed by atoms with E-state index in [-0.39, 0.29) is 0 Å². The third-order valence-corrected chi connectivity index (χ3v) is 5.14. The van der Waals surface area contributed by atoms with E-state index in [0.29, 0.717) is 10.2 Å². The van der Waals surface area contributed by atoms with Crippen LogP contribution in [0.25, 0.3) is 10.2 Å². The smallest absolute Gasteiger partial charge is 0.203 e. The second-order valence-corrected chi connectivity index (χ2v) is 7.02. The summed E-state index contributed by atoms with van der Waals surface area (Å²) in [4.78, 5) is 4.46. The van der Waals surface area contributed by atoms with E-state index in [1.54, 1.807) is 11.3 Å². The van der Waals surface area contributed by atoms with E-state index in [9.17, 15) is 0 Å². The average molecular weight is 301 g/mol. The lowest BCUT2D eigenvalue weighted by molar-refractivity contribution is 1.02. The van der Waals surface area contributed by atoms with E-state index in [2.05, 4.69) is 15.2 Å². The van der Waals surface area contributed by atoms with E-state index < -0.39 is 0 Å². The maximum Gasteiger partial charge on any atom is 0.203 e. The minimum atomic E-state index is 0.464. The van der Waals surface area contributed by atoms with Crippen molar-refractivity contribution >= 4 is 61.4 Å². The lowest BCUT2D eigenvalue weighted by Gasteiger charge is -1.88. The number of halogens is 1. The molecule has 0 atom stereocenters. The topological polar surface area (TPSA) is 64.7 Å². The summed E-state index contributed by atoms with van der Waals surface area (Å²) in [6.45, 7) is 0. The van der Waals surface area contributed by atoms with Gasteiger partial charge in [0.05, 0.1) is 9.72 Å². The summed E-state index contributed by atoms with van der Waals surface area (Å²) in [7, 11) is 0. The molecule has 1 aromatic carbocycles. The highest BCUT2D eigenvalue weighted by atomic mass is 35.5. The van der Waals surface area contributed by atoms with Crippen molar-refractivity contribution < 1.29 is 0 Å². The van der Waals surface area contributed by atoms with Crippen LogP contribution in [0.4, 0.5) is 5.13 Å². The first-order chi connectivity index (χ1) is 8.22. The van der Waals surface area contributed by atoms with Gasteiger partial charge in [-0.3, -0.25) is 0 Å². The Kier molecular flexibility index (Phi) is 2.91. The quantitative estimate of drug-likeness (QED) is 0.784. The molecule has 0 spiro atoms. The Hall–Kier alpha value is -0.890. The van der Waals surface area contributed by atoms with Crippen LogP contribution in [0.2, 0.25) is 5.02 Å². The fraction of sp³-hybridized carbons (Fsp3) is 0. The number of nitrogen functional groups attached to an aromatic ring is 1. The molecule has 0 saturated heterocycles. The van der Waals surface area contributed by atoms with Crippen LogP contribution in [0.5, 0.6) is 0 Å². The monoisotopic (exact) mass is 300 g/mol. The number of thiazole rings is 1. The molecule has 4 nitrogen and oxygen atoms in total. The van der Waals surface area contributed by atoms with Crippen molar-refractivity contribution in [2.75, 3.05) is 5.73 Å². The van der Waals surface area contributed by atoms with Crippen LogP contribution in [-0.2, 0) is 0 Å². The Morgan fingerprint density at radius 1 is 1.18 bits per heavy atom. The van der Waals surface area contributed by atoms with E-state index >= 15 is 0 Å². The Morgan fingerprint density at radius 3 is 2.76 bits per heavy atom. The number of rotatable bonds is 2. The molecule has 2 N–H and O–H groups in total. The molecule has 0 bridgehead atoms. The van der Waals surface area contributed by atoms with Crippen molar-refractivity contribution in [3.8, 4) is 0 Å². The van der Waals surface area contributed by atoms with E-state index in [4.69, 9.17) is 17.3 Å². The Bertz CT molecular complexity index is 678. The predicted molar refractivity (Wildman–Crippen MR) is 73.1 cm³/mol. The standard InChI is InChI=1S/C9H5ClN4S3/c10-4-2-1-3-5-6(4)12-8(15-5)17-9-14-13-7(11)16-9/h1-3H,(H2,11,13). The molecule has 8 heteroatoms. The highest BCUT2D eigenvalue weighted by Crippen LogP contribution is 2.37. The van der Waals surface area contributed by atoms with Crippen molar-refractivity contribution in [2.24, 2.45) is 0 Å². The highest BCUT2D eigenvalue weighted by Gasteiger charge is 2.10. The molecule has 86 valence electrons. The van der Waals surface area contributed by atoms with Gasteiger partial charge in [0.2, 0.25) is 5.13 Å². The highest BCUT2D eigenvalue weighted by molar-refractivity contribution is 8.02. The first-order valence-electron chi connectivity index (χ1n) is 4.54. The number of aromatic nitrogens is 3. The summed E-state index contributed by atoms with van der Waals surface area (Å²) in [6, 6.07) is 5.75. The van der Waals surface area contributed by atoms with Crippen molar-refractivity contribution in [2.45, 2.75) is 8.68 Å². The van der Waals surface area contributed by atoms with Gasteiger partial charge in [-0.25, -0.2) is 4.98 Å². The summed E-state index contributed by atoms with van der Waals surface area (Å²) in [5.41, 5.74) is 6.36. The molecule has 2 heterocycles. The molecule has 3 rings (SSSR count). The summed E-state index contributed by atoms with van der Waals surface area (Å²) < 4.78 is 2.75. The zero-order chi connectivity index (χ0) is 11.8. The maximum atomic E-state index is 6.07. The summed E-state index contributed by atoms with van der Waals surface area (Å²) in [5, 5.41) is 8.84. The van der Waals surface area contributed by atoms with Gasteiger partial charge in [-0.15, -0.1) is 21.5 Å². The zero-order valence-electron chi connectivity index (χ0n) is 8.25. The van der Waals surface area contributed by atoms with Gasteiger partial charge in [0.25, 0.3) is 0 Å². The molecule has 0 saturated carbocycles. The lowest BCUT2D eigenvalue weighted by Crippen LogP contribution is -1.79. The summed E-state index contributed by atoms with van der Waals surface area (Å²) >= 11 is 10.5. The number of benzene rings is 1. The van der Waals surface area contributed by atoms with Crippen LogP contribution in [0.1, 0.15) is 0 Å². The van der Waals surface area contributed by atoms with Gasteiger partial charge >= 0.3 is 0 Å². The fourth-order valence-corrected chi connectivity index (χ4v) is 4.47. The van der Waals surface area contributed by atoms with Crippen molar-refractivity contribution in [1.29, 1.82) is 0 Å². The molecule has 0 amide bonds. The van der Waals surface area contributed by atoms with Gasteiger partial charge < -0.3 is 5.73 Å². The molecule has 0 aliphatic rings. The average Bonchev–Trinajstić information content (AvgIpc) is 2.86. The van der Waals surface area contributed by atoms with Crippen LogP contribution < -0.4 is 5.73 Å². The number of nitrogens with zero attached hydrogens (tertiary/aromatic N) is 3. The largest absolute Gasteiger partial charge is 0.374 e. The van der Waals surface area contributed by atoms with Crippen LogP contribution in [-0.4, -0.2) is 15.2 Å². The normalized spacial score (nSPS) is 11.1. The van der Waals surface area contributed by atoms with E-state index in [1.165, 1.54) is 23.1 Å². The molecule has 0 aliphatic carbocycles. The van der Waals surface area contributed by atoms with Crippen LogP contribution >= 0.6 is 46.0 Å². The van der Waals surface area contributed by atoms with Gasteiger partial charge in [-0.2, -0.15) is 0 Å². The third kappa shape index (κ3) is 2.23. The minimum Gasteiger partial charge on any atom is -0.374 e. The third-order valence-electron chi connectivity index (χ3n) is 1.95. The van der Waals surface area contributed by atoms with Crippen LogP contribution in [0, 0.1) is 0 Å². The molecule has 0 fully saturated rings. The molecule has 0 unspecified atom stereocenters. The first kappa shape index (κ1) is 11.2. The van der Waals surface area contributed by atoms with Gasteiger partial charge in [-0.05, 0) is 23.9 Å². The number of hydrogen-bond acceptors (Lipinski definition) is 7. The van der Waals surface area contributed by atoms with Gasteiger partial charge in [0.15, 0.2) is 8.68 Å². The van der Waals surface area contributed by atoms with E-state index in [0.717, 1.165) is 18.9 Å². The summed E-state index contributed by atoms with van der Waals surface area (Å²) in [5.74, 6) is 0. The number of nitrogens with two attached hydrogens (primary N) is 1. The second kappa shape index (κ2) is 4.41. The molecule has 0 aliphatic heterocycles. The van der Waals surface area contributed by atoms with Crippen molar-refractivity contribution in [1.82, 2.24) is 15.2 Å². The molecule has 0 radical (unpaired) electrons. The Labute approximate surface area is 114 Å². The van der Waals surface area contributed by atoms with Crippen molar-refractivity contribution in [3.63, 3.8) is 0 Å². The maximum absolute atomic E-state index is 6.07. The molecule has 2 aromatic heterocycles. The van der Waals surface area contributed by atoms with Crippen LogP contribution in [0.15, 0.2) is 26.9 Å². The molecular weight excluding hydrogens is 296 g/mol. The number of fused-ring (bicyclic) bond motifs is 1. The SMILES string of the molecule is Nc1nnc(Sc2nc3c(Cl)cccc3s2)s1. The molecule has 3 aromatic rings.